The molecule has 0 bridgehead atoms. The summed E-state index contributed by atoms with van der Waals surface area (Å²) in [6.45, 7) is 0. The van der Waals surface area contributed by atoms with Crippen molar-refractivity contribution in [3.8, 4) is 11.5 Å². The van der Waals surface area contributed by atoms with Gasteiger partial charge in [-0.05, 0) is 24.3 Å². The van der Waals surface area contributed by atoms with Crippen molar-refractivity contribution in [1.29, 1.82) is 0 Å². The Morgan fingerprint density at radius 3 is 1.90 bits per heavy atom. The lowest BCUT2D eigenvalue weighted by Gasteiger charge is -2.12. The summed E-state index contributed by atoms with van der Waals surface area (Å²) in [6.07, 6.45) is -8.47. The molecule has 0 aliphatic heterocycles. The normalized spacial score (nSPS) is 10.7. The SMILES string of the molecule is NC(=O)Nc1ccccc1OC(F)(F)F.O=C=Nc1ccccc1OC(F)(F)F. The van der Waals surface area contributed by atoms with Gasteiger partial charge in [-0.25, -0.2) is 9.59 Å². The van der Waals surface area contributed by atoms with Crippen LogP contribution in [0.1, 0.15) is 0 Å². The first-order valence-corrected chi connectivity index (χ1v) is 7.25. The molecule has 7 nitrogen and oxygen atoms in total. The highest BCUT2D eigenvalue weighted by molar-refractivity contribution is 5.89. The van der Waals surface area contributed by atoms with Crippen molar-refractivity contribution in [1.82, 2.24) is 0 Å². The summed E-state index contributed by atoms with van der Waals surface area (Å²) in [4.78, 5) is 23.4. The number of halogens is 6. The van der Waals surface area contributed by atoms with E-state index in [9.17, 15) is 35.9 Å². The Morgan fingerprint density at radius 2 is 1.38 bits per heavy atom. The van der Waals surface area contributed by atoms with Crippen molar-refractivity contribution in [3.05, 3.63) is 48.5 Å². The number of hydrogen-bond donors (Lipinski definition) is 2. The number of ether oxygens (including phenoxy) is 2. The molecule has 0 atom stereocenters. The Labute approximate surface area is 158 Å². The maximum absolute atomic E-state index is 11.9. The van der Waals surface area contributed by atoms with Gasteiger partial charge in [0, 0.05) is 0 Å². The van der Waals surface area contributed by atoms with Gasteiger partial charge in [0.2, 0.25) is 6.08 Å². The molecule has 0 aliphatic rings. The van der Waals surface area contributed by atoms with E-state index in [1.165, 1.54) is 36.4 Å². The lowest BCUT2D eigenvalue weighted by Crippen LogP contribution is -2.22. The minimum Gasteiger partial charge on any atom is -0.404 e. The molecule has 0 radical (unpaired) electrons. The minimum atomic E-state index is -4.81. The molecule has 0 aromatic heterocycles. The molecule has 0 spiro atoms. The number of para-hydroxylation sites is 4. The number of isocyanates is 1. The topological polar surface area (TPSA) is 103 Å². The van der Waals surface area contributed by atoms with Crippen molar-refractivity contribution < 1.29 is 45.4 Å². The van der Waals surface area contributed by atoms with Crippen molar-refractivity contribution in [2.24, 2.45) is 10.7 Å². The fourth-order valence-corrected chi connectivity index (χ4v) is 1.73. The lowest BCUT2D eigenvalue weighted by molar-refractivity contribution is -0.275. The number of aliphatic imine (C=N–C) groups is 1. The predicted octanol–water partition coefficient (Wildman–Crippen LogP) is 4.63. The zero-order valence-electron chi connectivity index (χ0n) is 14.0. The molecule has 13 heteroatoms. The molecule has 2 amide bonds. The fourth-order valence-electron chi connectivity index (χ4n) is 1.73. The van der Waals surface area contributed by atoms with E-state index < -0.39 is 30.3 Å². The van der Waals surface area contributed by atoms with Crippen molar-refractivity contribution in [2.75, 3.05) is 5.32 Å². The number of benzene rings is 2. The lowest BCUT2D eigenvalue weighted by atomic mass is 10.3. The van der Waals surface area contributed by atoms with Crippen LogP contribution in [0.2, 0.25) is 0 Å². The van der Waals surface area contributed by atoms with Gasteiger partial charge in [0.1, 0.15) is 5.69 Å². The third-order valence-electron chi connectivity index (χ3n) is 2.63. The summed E-state index contributed by atoms with van der Waals surface area (Å²) in [6, 6.07) is 9.17. The maximum Gasteiger partial charge on any atom is 0.573 e. The quantitative estimate of drug-likeness (QED) is 0.425. The average Bonchev–Trinajstić information content (AvgIpc) is 2.56. The second-order valence-corrected chi connectivity index (χ2v) is 4.75. The van der Waals surface area contributed by atoms with E-state index in [-0.39, 0.29) is 11.4 Å². The summed E-state index contributed by atoms with van der Waals surface area (Å²) >= 11 is 0. The first kappa shape index (κ1) is 23.3. The molecule has 0 saturated heterocycles. The van der Waals surface area contributed by atoms with Crippen LogP contribution in [0.4, 0.5) is 42.5 Å². The smallest absolute Gasteiger partial charge is 0.404 e. The van der Waals surface area contributed by atoms with Crippen LogP contribution in [0.15, 0.2) is 53.5 Å². The number of primary amides is 1. The minimum absolute atomic E-state index is 0.137. The van der Waals surface area contributed by atoms with E-state index in [2.05, 4.69) is 14.5 Å². The van der Waals surface area contributed by atoms with Crippen LogP contribution < -0.4 is 20.5 Å². The highest BCUT2D eigenvalue weighted by atomic mass is 19.4. The molecular weight excluding hydrogens is 412 g/mol. The molecule has 29 heavy (non-hydrogen) atoms. The largest absolute Gasteiger partial charge is 0.573 e. The van der Waals surface area contributed by atoms with Crippen LogP contribution >= 0.6 is 0 Å². The van der Waals surface area contributed by atoms with E-state index in [4.69, 9.17) is 5.73 Å². The summed E-state index contributed by atoms with van der Waals surface area (Å²) in [5.74, 6) is -1.04. The molecule has 0 aliphatic carbocycles. The number of amides is 2. The van der Waals surface area contributed by atoms with Crippen LogP contribution in [-0.4, -0.2) is 24.8 Å². The predicted molar refractivity (Wildman–Crippen MR) is 87.2 cm³/mol. The maximum atomic E-state index is 11.9. The highest BCUT2D eigenvalue weighted by Gasteiger charge is 2.32. The molecule has 2 rings (SSSR count). The van der Waals surface area contributed by atoms with Crippen LogP contribution in [0, 0.1) is 0 Å². The molecule has 3 N–H and O–H groups in total. The average molecular weight is 423 g/mol. The first-order valence-electron chi connectivity index (χ1n) is 7.25. The number of anilines is 1. The number of nitrogens with two attached hydrogens (primary N) is 1. The van der Waals surface area contributed by atoms with Crippen molar-refractivity contribution in [3.63, 3.8) is 0 Å². The number of urea groups is 1. The van der Waals surface area contributed by atoms with Crippen LogP contribution in [-0.2, 0) is 4.79 Å². The molecule has 0 unspecified atom stereocenters. The number of carbonyl (C=O) groups excluding carboxylic acids is 2. The van der Waals surface area contributed by atoms with Gasteiger partial charge in [0.25, 0.3) is 0 Å². The van der Waals surface area contributed by atoms with Gasteiger partial charge in [-0.1, -0.05) is 24.3 Å². The highest BCUT2D eigenvalue weighted by Crippen LogP contribution is 2.31. The Morgan fingerprint density at radius 1 is 0.897 bits per heavy atom. The van der Waals surface area contributed by atoms with E-state index in [1.54, 1.807) is 0 Å². The van der Waals surface area contributed by atoms with Gasteiger partial charge in [-0.15, -0.1) is 26.3 Å². The summed E-state index contributed by atoms with van der Waals surface area (Å²) < 4.78 is 78.4. The third kappa shape index (κ3) is 9.68. The summed E-state index contributed by atoms with van der Waals surface area (Å²) in [7, 11) is 0. The molecular formula is C16H11F6N3O4. The van der Waals surface area contributed by atoms with E-state index in [0.29, 0.717) is 0 Å². The number of rotatable bonds is 4. The van der Waals surface area contributed by atoms with Crippen molar-refractivity contribution in [2.45, 2.75) is 12.7 Å². The van der Waals surface area contributed by atoms with Crippen LogP contribution in [0.25, 0.3) is 0 Å². The van der Waals surface area contributed by atoms with Gasteiger partial charge in [0.15, 0.2) is 11.5 Å². The van der Waals surface area contributed by atoms with Gasteiger partial charge < -0.3 is 20.5 Å². The van der Waals surface area contributed by atoms with Gasteiger partial charge in [-0.3, -0.25) is 0 Å². The first-order chi connectivity index (χ1) is 13.4. The molecule has 2 aromatic carbocycles. The fraction of sp³-hybridized carbons (Fsp3) is 0.125. The molecule has 2 aromatic rings. The Bertz CT molecular complexity index is 879. The number of carbonyl (C=O) groups is 1. The van der Waals surface area contributed by atoms with Gasteiger partial charge in [-0.2, -0.15) is 4.99 Å². The Kier molecular flexibility index (Phi) is 8.03. The van der Waals surface area contributed by atoms with E-state index >= 15 is 0 Å². The number of nitrogens with one attached hydrogen (secondary N) is 1. The second-order valence-electron chi connectivity index (χ2n) is 4.75. The monoisotopic (exact) mass is 423 g/mol. The molecule has 0 fully saturated rings. The molecule has 0 saturated carbocycles. The Balaban J connectivity index is 0.000000291. The van der Waals surface area contributed by atoms with Crippen molar-refractivity contribution >= 4 is 23.5 Å². The molecule has 0 heterocycles. The third-order valence-corrected chi connectivity index (χ3v) is 2.63. The van der Waals surface area contributed by atoms with Gasteiger partial charge >= 0.3 is 18.8 Å². The molecule has 156 valence electrons. The zero-order chi connectivity index (χ0) is 22.1. The van der Waals surface area contributed by atoms with E-state index in [1.807, 2.05) is 5.32 Å². The second kappa shape index (κ2) is 9.99. The summed E-state index contributed by atoms with van der Waals surface area (Å²) in [5.41, 5.74) is 4.43. The van der Waals surface area contributed by atoms with Crippen LogP contribution in [0.3, 0.4) is 0 Å². The summed E-state index contributed by atoms with van der Waals surface area (Å²) in [5, 5.41) is 2.01. The Hall–Kier alpha value is -3.73. The van der Waals surface area contributed by atoms with Crippen LogP contribution in [0.5, 0.6) is 11.5 Å². The van der Waals surface area contributed by atoms with Gasteiger partial charge in [0.05, 0.1) is 5.69 Å². The number of hydrogen-bond acceptors (Lipinski definition) is 5. The van der Waals surface area contributed by atoms with E-state index in [0.717, 1.165) is 18.2 Å². The standard InChI is InChI=1S/C8H7F3N2O2.C8H4F3NO2/c9-8(10,11)15-6-4-2-1-3-5(6)13-7(12)14;9-8(10,11)14-7-4-2-1-3-6(7)12-5-13/h1-4H,(H3,12,13,14);1-4H. The zero-order valence-corrected chi connectivity index (χ0v) is 14.0. The number of alkyl halides is 6. The number of nitrogens with zero attached hydrogens (tertiary/aromatic N) is 1.